The first-order valence-corrected chi connectivity index (χ1v) is 5.47. The predicted molar refractivity (Wildman–Crippen MR) is 54.4 cm³/mol. The number of alkyl halides is 3. The summed E-state index contributed by atoms with van der Waals surface area (Å²) in [5.74, 6) is 0. The van der Waals surface area contributed by atoms with Crippen LogP contribution < -0.4 is 5.73 Å². The van der Waals surface area contributed by atoms with Gasteiger partial charge in [-0.1, -0.05) is 11.6 Å². The Morgan fingerprint density at radius 3 is 2.60 bits per heavy atom. The summed E-state index contributed by atoms with van der Waals surface area (Å²) < 4.78 is 35.8. The first-order valence-electron chi connectivity index (χ1n) is 5.47. The van der Waals surface area contributed by atoms with E-state index in [1.165, 1.54) is 12.0 Å². The summed E-state index contributed by atoms with van der Waals surface area (Å²) in [6, 6.07) is -0.337. The molecule has 88 valence electrons. The number of rotatable bonds is 4. The largest absolute Gasteiger partial charge is 0.389 e. The van der Waals surface area contributed by atoms with E-state index < -0.39 is 12.6 Å². The minimum atomic E-state index is -4.07. The molecule has 1 aliphatic rings. The van der Waals surface area contributed by atoms with Gasteiger partial charge in [0, 0.05) is 12.5 Å². The van der Waals surface area contributed by atoms with E-state index in [-0.39, 0.29) is 12.5 Å². The van der Waals surface area contributed by atoms with Crippen molar-refractivity contribution in [2.45, 2.75) is 57.2 Å². The maximum absolute atomic E-state index is 11.9. The van der Waals surface area contributed by atoms with Crippen molar-refractivity contribution in [3.8, 4) is 0 Å². The van der Waals surface area contributed by atoms with Crippen LogP contribution in [0.5, 0.6) is 0 Å². The molecular weight excluding hydrogens is 203 g/mol. The van der Waals surface area contributed by atoms with Crippen molar-refractivity contribution in [1.82, 2.24) is 0 Å². The lowest BCUT2D eigenvalue weighted by atomic mass is 9.93. The molecule has 0 saturated heterocycles. The van der Waals surface area contributed by atoms with E-state index in [0.29, 0.717) is 6.42 Å². The van der Waals surface area contributed by atoms with E-state index in [0.717, 1.165) is 19.3 Å². The Kier molecular flexibility index (Phi) is 4.64. The number of halogens is 3. The topological polar surface area (TPSA) is 26.0 Å². The van der Waals surface area contributed by atoms with E-state index in [9.17, 15) is 13.2 Å². The molecule has 0 aromatic rings. The predicted octanol–water partition coefficient (Wildman–Crippen LogP) is 3.55. The van der Waals surface area contributed by atoms with Crippen molar-refractivity contribution in [2.75, 3.05) is 0 Å². The van der Waals surface area contributed by atoms with Gasteiger partial charge in [0.2, 0.25) is 0 Å². The number of nitrogens with two attached hydrogens (primary N) is 1. The average molecular weight is 221 g/mol. The second kappa shape index (κ2) is 5.54. The van der Waals surface area contributed by atoms with Gasteiger partial charge in [0.15, 0.2) is 0 Å². The van der Waals surface area contributed by atoms with Crippen LogP contribution in [-0.2, 0) is 0 Å². The lowest BCUT2D eigenvalue weighted by molar-refractivity contribution is -0.136. The zero-order valence-electron chi connectivity index (χ0n) is 8.82. The summed E-state index contributed by atoms with van der Waals surface area (Å²) in [5.41, 5.74) is 6.92. The van der Waals surface area contributed by atoms with Gasteiger partial charge in [-0.25, -0.2) is 0 Å². The van der Waals surface area contributed by atoms with Crippen LogP contribution >= 0.6 is 0 Å². The summed E-state index contributed by atoms with van der Waals surface area (Å²) >= 11 is 0. The molecular formula is C11H18F3N. The van der Waals surface area contributed by atoms with E-state index in [1.807, 2.05) is 0 Å². The standard InChI is InChI=1S/C11H18F3N/c12-11(13,14)7-6-10(15)8-9-4-2-1-3-5-9/h4,10H,1-3,5-8,15H2. The lowest BCUT2D eigenvalue weighted by Crippen LogP contribution is -2.23. The van der Waals surface area contributed by atoms with Gasteiger partial charge in [0.25, 0.3) is 0 Å². The molecule has 0 heterocycles. The maximum atomic E-state index is 11.9. The first-order chi connectivity index (χ1) is 6.97. The Morgan fingerprint density at radius 2 is 2.07 bits per heavy atom. The molecule has 0 aliphatic heterocycles. The highest BCUT2D eigenvalue weighted by Gasteiger charge is 2.27. The molecule has 1 rings (SSSR count). The number of allylic oxidation sites excluding steroid dienone is 1. The molecule has 0 bridgehead atoms. The second-order valence-corrected chi connectivity index (χ2v) is 4.23. The first kappa shape index (κ1) is 12.6. The summed E-state index contributed by atoms with van der Waals surface area (Å²) in [5, 5.41) is 0. The van der Waals surface area contributed by atoms with Crippen molar-refractivity contribution < 1.29 is 13.2 Å². The fraction of sp³-hybridized carbons (Fsp3) is 0.818. The molecule has 2 N–H and O–H groups in total. The monoisotopic (exact) mass is 221 g/mol. The molecule has 1 unspecified atom stereocenters. The quantitative estimate of drug-likeness (QED) is 0.722. The minimum absolute atomic E-state index is 0.0425. The Bertz CT molecular complexity index is 220. The third-order valence-corrected chi connectivity index (χ3v) is 2.71. The molecule has 0 aromatic carbocycles. The smallest absolute Gasteiger partial charge is 0.327 e. The molecule has 1 nitrogen and oxygen atoms in total. The van der Waals surface area contributed by atoms with E-state index in [1.54, 1.807) is 0 Å². The highest BCUT2D eigenvalue weighted by molar-refractivity contribution is 5.06. The van der Waals surface area contributed by atoms with Crippen molar-refractivity contribution in [1.29, 1.82) is 0 Å². The van der Waals surface area contributed by atoms with Crippen molar-refractivity contribution >= 4 is 0 Å². The highest BCUT2D eigenvalue weighted by Crippen LogP contribution is 2.25. The molecule has 15 heavy (non-hydrogen) atoms. The number of hydrogen-bond donors (Lipinski definition) is 1. The third-order valence-electron chi connectivity index (χ3n) is 2.71. The van der Waals surface area contributed by atoms with E-state index >= 15 is 0 Å². The molecule has 0 amide bonds. The zero-order valence-corrected chi connectivity index (χ0v) is 8.82. The molecule has 0 saturated carbocycles. The molecule has 1 aliphatic carbocycles. The van der Waals surface area contributed by atoms with Gasteiger partial charge in [-0.3, -0.25) is 0 Å². The summed E-state index contributed by atoms with van der Waals surface area (Å²) in [6.45, 7) is 0. The highest BCUT2D eigenvalue weighted by atomic mass is 19.4. The van der Waals surface area contributed by atoms with Gasteiger partial charge < -0.3 is 5.73 Å². The summed E-state index contributed by atoms with van der Waals surface area (Å²) in [6.07, 6.45) is 2.40. The van der Waals surface area contributed by atoms with Crippen molar-refractivity contribution in [2.24, 2.45) is 5.73 Å². The van der Waals surface area contributed by atoms with Gasteiger partial charge >= 0.3 is 6.18 Å². The second-order valence-electron chi connectivity index (χ2n) is 4.23. The fourth-order valence-corrected chi connectivity index (χ4v) is 1.88. The van der Waals surface area contributed by atoms with Gasteiger partial charge in [-0.15, -0.1) is 0 Å². The van der Waals surface area contributed by atoms with Crippen LogP contribution in [0.15, 0.2) is 11.6 Å². The molecule has 0 radical (unpaired) electrons. The molecule has 0 spiro atoms. The molecule has 0 aromatic heterocycles. The van der Waals surface area contributed by atoms with Gasteiger partial charge in [0.05, 0.1) is 0 Å². The fourth-order valence-electron chi connectivity index (χ4n) is 1.88. The van der Waals surface area contributed by atoms with Crippen molar-refractivity contribution in [3.05, 3.63) is 11.6 Å². The summed E-state index contributed by atoms with van der Waals surface area (Å²) in [4.78, 5) is 0. The molecule has 4 heteroatoms. The molecule has 0 fully saturated rings. The zero-order chi connectivity index (χ0) is 11.3. The normalized spacial score (nSPS) is 19.9. The van der Waals surface area contributed by atoms with Crippen LogP contribution in [0.2, 0.25) is 0 Å². The van der Waals surface area contributed by atoms with Crippen LogP contribution in [0, 0.1) is 0 Å². The van der Waals surface area contributed by atoms with Crippen LogP contribution in [0.25, 0.3) is 0 Å². The van der Waals surface area contributed by atoms with Gasteiger partial charge in [-0.05, 0) is 38.5 Å². The van der Waals surface area contributed by atoms with Crippen LogP contribution in [0.4, 0.5) is 13.2 Å². The molecule has 1 atom stereocenters. The van der Waals surface area contributed by atoms with Crippen LogP contribution in [0.1, 0.15) is 44.9 Å². The number of hydrogen-bond acceptors (Lipinski definition) is 1. The Labute approximate surface area is 88.5 Å². The SMILES string of the molecule is NC(CCC(F)(F)F)CC1=CCCCC1. The van der Waals surface area contributed by atoms with Crippen LogP contribution in [0.3, 0.4) is 0 Å². The lowest BCUT2D eigenvalue weighted by Gasteiger charge is -2.17. The van der Waals surface area contributed by atoms with E-state index in [2.05, 4.69) is 6.08 Å². The Morgan fingerprint density at radius 1 is 1.33 bits per heavy atom. The Hall–Kier alpha value is -0.510. The maximum Gasteiger partial charge on any atom is 0.389 e. The van der Waals surface area contributed by atoms with Gasteiger partial charge in [-0.2, -0.15) is 13.2 Å². The minimum Gasteiger partial charge on any atom is -0.327 e. The van der Waals surface area contributed by atoms with Gasteiger partial charge in [0.1, 0.15) is 0 Å². The summed E-state index contributed by atoms with van der Waals surface area (Å²) in [7, 11) is 0. The van der Waals surface area contributed by atoms with E-state index in [4.69, 9.17) is 5.73 Å². The van der Waals surface area contributed by atoms with Crippen molar-refractivity contribution in [3.63, 3.8) is 0 Å². The average Bonchev–Trinajstić information content (AvgIpc) is 2.15. The third kappa shape index (κ3) is 5.82. The van der Waals surface area contributed by atoms with Crippen LogP contribution in [-0.4, -0.2) is 12.2 Å². The Balaban J connectivity index is 2.23.